The van der Waals surface area contributed by atoms with Crippen LogP contribution in [-0.2, 0) is 14.6 Å². The fraction of sp³-hybridized carbons (Fsp3) is 0.600. The van der Waals surface area contributed by atoms with E-state index in [9.17, 15) is 8.42 Å². The first kappa shape index (κ1) is 13.9. The summed E-state index contributed by atoms with van der Waals surface area (Å²) >= 11 is 0. The minimum Gasteiger partial charge on any atom is -0.398 e. The maximum atomic E-state index is 12.8. The van der Waals surface area contributed by atoms with Gasteiger partial charge in [-0.15, -0.1) is 0 Å². The van der Waals surface area contributed by atoms with Gasteiger partial charge in [0.05, 0.1) is 21.4 Å². The van der Waals surface area contributed by atoms with Crippen molar-refractivity contribution in [3.63, 3.8) is 0 Å². The lowest BCUT2D eigenvalue weighted by Crippen LogP contribution is -2.49. The second-order valence-electron chi connectivity index (χ2n) is 6.09. The van der Waals surface area contributed by atoms with Gasteiger partial charge in [0.15, 0.2) is 9.84 Å². The normalized spacial score (nSPS) is 25.4. The molecule has 2 aliphatic rings. The highest BCUT2D eigenvalue weighted by molar-refractivity contribution is 7.92. The first-order valence-corrected chi connectivity index (χ1v) is 8.72. The van der Waals surface area contributed by atoms with Crippen molar-refractivity contribution in [1.82, 2.24) is 0 Å². The molecule has 5 heteroatoms. The van der Waals surface area contributed by atoms with Gasteiger partial charge in [0.2, 0.25) is 0 Å². The Kier molecular flexibility index (Phi) is 3.29. The van der Waals surface area contributed by atoms with Crippen LogP contribution in [0.2, 0.25) is 0 Å². The molecule has 1 spiro atoms. The minimum absolute atomic E-state index is 0.171. The highest BCUT2D eigenvalue weighted by Gasteiger charge is 2.46. The molecule has 1 saturated heterocycles. The lowest BCUT2D eigenvalue weighted by Gasteiger charge is -2.46. The quantitative estimate of drug-likeness (QED) is 0.851. The summed E-state index contributed by atoms with van der Waals surface area (Å²) in [6, 6.07) is 5.18. The fourth-order valence-corrected chi connectivity index (χ4v) is 5.21. The Bertz CT molecular complexity index is 620. The predicted molar refractivity (Wildman–Crippen MR) is 78.3 cm³/mol. The van der Waals surface area contributed by atoms with E-state index in [4.69, 9.17) is 10.5 Å². The van der Waals surface area contributed by atoms with E-state index in [1.165, 1.54) is 0 Å². The van der Waals surface area contributed by atoms with Crippen LogP contribution in [0.3, 0.4) is 0 Å². The molecular weight excluding hydrogens is 274 g/mol. The number of nitrogen functional groups attached to an aromatic ring is 1. The van der Waals surface area contributed by atoms with Crippen LogP contribution in [-0.4, -0.2) is 25.9 Å². The van der Waals surface area contributed by atoms with Crippen LogP contribution < -0.4 is 5.73 Å². The molecular formula is C15H21NO3S. The molecule has 4 nitrogen and oxygen atoms in total. The van der Waals surface area contributed by atoms with Gasteiger partial charge in [-0.25, -0.2) is 8.42 Å². The van der Waals surface area contributed by atoms with E-state index in [2.05, 4.69) is 0 Å². The van der Waals surface area contributed by atoms with Crippen LogP contribution in [0.5, 0.6) is 0 Å². The second kappa shape index (κ2) is 4.74. The molecule has 0 aromatic heterocycles. The number of ether oxygens (including phenoxy) is 1. The van der Waals surface area contributed by atoms with Gasteiger partial charge in [-0.2, -0.15) is 0 Å². The number of sulfone groups is 1. The van der Waals surface area contributed by atoms with Crippen LogP contribution in [0.15, 0.2) is 23.1 Å². The van der Waals surface area contributed by atoms with E-state index in [0.717, 1.165) is 24.8 Å². The third-order valence-electron chi connectivity index (χ3n) is 4.62. The molecule has 1 aromatic rings. The summed E-state index contributed by atoms with van der Waals surface area (Å²) in [7, 11) is -3.36. The van der Waals surface area contributed by atoms with E-state index >= 15 is 0 Å². The summed E-state index contributed by atoms with van der Waals surface area (Å²) in [5, 5.41) is -0.360. The van der Waals surface area contributed by atoms with Crippen LogP contribution in [0, 0.1) is 6.92 Å². The first-order chi connectivity index (χ1) is 9.43. The molecule has 0 radical (unpaired) electrons. The maximum absolute atomic E-state index is 12.8. The molecule has 1 atom stereocenters. The molecule has 20 heavy (non-hydrogen) atoms. The molecule has 2 fully saturated rings. The Balaban J connectivity index is 1.91. The Hall–Kier alpha value is -1.07. The van der Waals surface area contributed by atoms with Gasteiger partial charge in [-0.1, -0.05) is 6.07 Å². The topological polar surface area (TPSA) is 69.4 Å². The molecule has 1 saturated carbocycles. The minimum atomic E-state index is -3.36. The van der Waals surface area contributed by atoms with Gasteiger partial charge in [0, 0.05) is 6.61 Å². The van der Waals surface area contributed by atoms with Gasteiger partial charge < -0.3 is 10.5 Å². The maximum Gasteiger partial charge on any atom is 0.183 e. The Morgan fingerprint density at radius 3 is 2.70 bits per heavy atom. The lowest BCUT2D eigenvalue weighted by molar-refractivity contribution is -0.125. The number of anilines is 1. The van der Waals surface area contributed by atoms with Gasteiger partial charge in [0.25, 0.3) is 0 Å². The Morgan fingerprint density at radius 1 is 1.35 bits per heavy atom. The third-order valence-corrected chi connectivity index (χ3v) is 6.89. The summed E-state index contributed by atoms with van der Waals surface area (Å²) < 4.78 is 31.4. The Morgan fingerprint density at radius 2 is 2.10 bits per heavy atom. The SMILES string of the molecule is Cc1ccc(S(=O)(=O)C2CCOC3(CCC3)C2)c(N)c1. The number of benzene rings is 1. The molecule has 1 unspecified atom stereocenters. The third kappa shape index (κ3) is 2.23. The molecule has 3 rings (SSSR count). The smallest absolute Gasteiger partial charge is 0.183 e. The van der Waals surface area contributed by atoms with Crippen molar-refractivity contribution in [2.45, 2.75) is 54.8 Å². The van der Waals surface area contributed by atoms with Crippen molar-refractivity contribution in [1.29, 1.82) is 0 Å². The van der Waals surface area contributed by atoms with Crippen LogP contribution in [0.4, 0.5) is 5.69 Å². The fourth-order valence-electron chi connectivity index (χ4n) is 3.27. The van der Waals surface area contributed by atoms with Crippen molar-refractivity contribution in [2.24, 2.45) is 0 Å². The van der Waals surface area contributed by atoms with Crippen molar-refractivity contribution >= 4 is 15.5 Å². The average Bonchev–Trinajstić information content (AvgIpc) is 2.36. The largest absolute Gasteiger partial charge is 0.398 e. The predicted octanol–water partition coefficient (Wildman–Crippen LogP) is 2.45. The number of hydrogen-bond acceptors (Lipinski definition) is 4. The highest BCUT2D eigenvalue weighted by atomic mass is 32.2. The second-order valence-corrected chi connectivity index (χ2v) is 8.28. The van der Waals surface area contributed by atoms with Crippen LogP contribution in [0.25, 0.3) is 0 Å². The van der Waals surface area contributed by atoms with E-state index in [1.807, 2.05) is 13.0 Å². The van der Waals surface area contributed by atoms with Gasteiger partial charge in [-0.05, 0) is 56.7 Å². The highest BCUT2D eigenvalue weighted by Crippen LogP contribution is 2.45. The number of aryl methyl sites for hydroxylation is 1. The van der Waals surface area contributed by atoms with Crippen molar-refractivity contribution in [2.75, 3.05) is 12.3 Å². The standard InChI is InChI=1S/C15H21NO3S/c1-11-3-4-14(13(16)9-11)20(17,18)12-5-8-19-15(10-12)6-2-7-15/h3-4,9,12H,2,5-8,10,16H2,1H3. The zero-order valence-electron chi connectivity index (χ0n) is 11.8. The van der Waals surface area contributed by atoms with Gasteiger partial charge in [-0.3, -0.25) is 0 Å². The Labute approximate surface area is 120 Å². The van der Waals surface area contributed by atoms with E-state index in [-0.39, 0.29) is 15.7 Å². The summed E-state index contributed by atoms with van der Waals surface area (Å²) in [6.07, 6.45) is 4.30. The zero-order chi connectivity index (χ0) is 14.4. The average molecular weight is 295 g/mol. The molecule has 2 N–H and O–H groups in total. The number of hydrogen-bond donors (Lipinski definition) is 1. The van der Waals surface area contributed by atoms with Crippen LogP contribution >= 0.6 is 0 Å². The summed E-state index contributed by atoms with van der Waals surface area (Å²) in [4.78, 5) is 0.282. The molecule has 1 aliphatic heterocycles. The van der Waals surface area contributed by atoms with Gasteiger partial charge >= 0.3 is 0 Å². The molecule has 0 amide bonds. The monoisotopic (exact) mass is 295 g/mol. The van der Waals surface area contributed by atoms with E-state index in [1.54, 1.807) is 12.1 Å². The molecule has 110 valence electrons. The van der Waals surface area contributed by atoms with E-state index in [0.29, 0.717) is 25.1 Å². The number of nitrogens with two attached hydrogens (primary N) is 1. The van der Waals surface area contributed by atoms with Gasteiger partial charge in [0.1, 0.15) is 0 Å². The lowest BCUT2D eigenvalue weighted by atomic mass is 9.75. The van der Waals surface area contributed by atoms with Crippen molar-refractivity contribution < 1.29 is 13.2 Å². The summed E-state index contributed by atoms with van der Waals surface area (Å²) in [5.41, 5.74) is 7.08. The summed E-state index contributed by atoms with van der Waals surface area (Å²) in [6.45, 7) is 2.44. The van der Waals surface area contributed by atoms with Crippen molar-refractivity contribution in [3.8, 4) is 0 Å². The molecule has 1 aromatic carbocycles. The van der Waals surface area contributed by atoms with Crippen LogP contribution in [0.1, 0.15) is 37.7 Å². The van der Waals surface area contributed by atoms with E-state index < -0.39 is 9.84 Å². The zero-order valence-corrected chi connectivity index (χ0v) is 12.6. The first-order valence-electron chi connectivity index (χ1n) is 7.17. The summed E-state index contributed by atoms with van der Waals surface area (Å²) in [5.74, 6) is 0. The number of rotatable bonds is 2. The molecule has 1 aliphatic carbocycles. The molecule has 1 heterocycles. The van der Waals surface area contributed by atoms with Crippen molar-refractivity contribution in [3.05, 3.63) is 23.8 Å². The molecule has 0 bridgehead atoms.